The molecule has 5 aromatic rings. The van der Waals surface area contributed by atoms with Crippen molar-refractivity contribution in [2.24, 2.45) is 0 Å². The first-order chi connectivity index (χ1) is 18.9. The van der Waals surface area contributed by atoms with Crippen LogP contribution in [0, 0.1) is 6.92 Å². The van der Waals surface area contributed by atoms with Crippen LogP contribution in [0.25, 0.3) is 21.8 Å². The van der Waals surface area contributed by atoms with Gasteiger partial charge in [-0.05, 0) is 55.9 Å². The quantitative estimate of drug-likeness (QED) is 0.300. The fourth-order valence-electron chi connectivity index (χ4n) is 5.94. The Morgan fingerprint density at radius 2 is 1.67 bits per heavy atom. The van der Waals surface area contributed by atoms with E-state index in [1.807, 2.05) is 24.3 Å². The van der Waals surface area contributed by atoms with Crippen LogP contribution in [0.4, 0.5) is 0 Å². The highest BCUT2D eigenvalue weighted by atomic mass is 35.5. The van der Waals surface area contributed by atoms with E-state index in [-0.39, 0.29) is 17.6 Å². The van der Waals surface area contributed by atoms with E-state index < -0.39 is 11.5 Å². The minimum Gasteiger partial charge on any atom is -0.372 e. The normalized spacial score (nSPS) is 17.9. The molecule has 0 bridgehead atoms. The molecule has 0 spiro atoms. The number of aliphatic hydroxyl groups is 1. The number of aromatic nitrogens is 2. The molecule has 0 aliphatic heterocycles. The van der Waals surface area contributed by atoms with Crippen LogP contribution in [0.1, 0.15) is 48.6 Å². The number of nitrogens with zero attached hydrogens (tertiary/aromatic N) is 2. The smallest absolute Gasteiger partial charge is 0.264 e. The van der Waals surface area contributed by atoms with Crippen LogP contribution in [0.15, 0.2) is 88.2 Å². The Hall–Kier alpha value is -3.94. The predicted octanol–water partition coefficient (Wildman–Crippen LogP) is 5.64. The molecular weight excluding hydrogens is 514 g/mol. The first-order valence-corrected chi connectivity index (χ1v) is 13.5. The molecule has 7 nitrogen and oxygen atoms in total. The Bertz CT molecular complexity index is 1690. The van der Waals surface area contributed by atoms with Crippen LogP contribution >= 0.6 is 11.6 Å². The Labute approximate surface area is 230 Å². The van der Waals surface area contributed by atoms with Crippen LogP contribution in [0.2, 0.25) is 5.02 Å². The Morgan fingerprint density at radius 1 is 1.00 bits per heavy atom. The number of halogens is 1. The molecule has 1 fully saturated rings. The molecule has 2 atom stereocenters. The molecule has 39 heavy (non-hydrogen) atoms. The van der Waals surface area contributed by atoms with Crippen molar-refractivity contribution in [3.05, 3.63) is 111 Å². The van der Waals surface area contributed by atoms with Gasteiger partial charge in [0.05, 0.1) is 10.5 Å². The van der Waals surface area contributed by atoms with Crippen molar-refractivity contribution in [1.29, 1.82) is 0 Å². The second kappa shape index (κ2) is 9.98. The van der Waals surface area contributed by atoms with Gasteiger partial charge in [-0.15, -0.1) is 0 Å². The van der Waals surface area contributed by atoms with E-state index in [0.29, 0.717) is 50.1 Å². The van der Waals surface area contributed by atoms with E-state index in [9.17, 15) is 14.7 Å². The molecule has 1 saturated carbocycles. The van der Waals surface area contributed by atoms with Gasteiger partial charge < -0.3 is 19.5 Å². The Morgan fingerprint density at radius 3 is 2.33 bits per heavy atom. The van der Waals surface area contributed by atoms with E-state index in [1.54, 1.807) is 66.1 Å². The predicted molar refractivity (Wildman–Crippen MR) is 151 cm³/mol. The van der Waals surface area contributed by atoms with Crippen LogP contribution < -0.4 is 10.9 Å². The van der Waals surface area contributed by atoms with E-state index in [2.05, 4.69) is 10.5 Å². The lowest BCUT2D eigenvalue weighted by Crippen LogP contribution is -2.50. The van der Waals surface area contributed by atoms with Crippen LogP contribution in [-0.2, 0) is 10.4 Å². The molecule has 3 aromatic carbocycles. The van der Waals surface area contributed by atoms with Crippen LogP contribution in [0.5, 0.6) is 0 Å². The zero-order valence-electron chi connectivity index (χ0n) is 21.4. The lowest BCUT2D eigenvalue weighted by Gasteiger charge is -2.35. The van der Waals surface area contributed by atoms with Crippen molar-refractivity contribution < 1.29 is 14.4 Å². The van der Waals surface area contributed by atoms with Gasteiger partial charge in [0.1, 0.15) is 16.7 Å². The number of carbonyl (C=O) groups excluding carboxylic acids is 1. The molecular formula is C31H28ClN3O4. The van der Waals surface area contributed by atoms with Crippen LogP contribution in [0.3, 0.4) is 0 Å². The summed E-state index contributed by atoms with van der Waals surface area (Å²) in [6.07, 6.45) is 2.85. The van der Waals surface area contributed by atoms with Gasteiger partial charge in [-0.2, -0.15) is 0 Å². The molecule has 2 heterocycles. The summed E-state index contributed by atoms with van der Waals surface area (Å²) in [5, 5.41) is 20.7. The van der Waals surface area contributed by atoms with Crippen molar-refractivity contribution in [2.45, 2.75) is 50.3 Å². The standard InChI is InChI=1S/C31H28ClN3O4/c1-19-26-28(34-39-19)27-24(32)16-9-17-25(27)35(29(26)36)23-15-8-14-22(18-23)33-30(37)31(38,20-10-4-2-5-11-20)21-12-6-3-7-13-21/h2-7,9-13,16-17,22-23,38H,8,14-15,18H2,1H3,(H,33,37). The lowest BCUT2D eigenvalue weighted by atomic mass is 9.84. The van der Waals surface area contributed by atoms with Crippen molar-refractivity contribution >= 4 is 39.3 Å². The molecule has 6 rings (SSSR count). The monoisotopic (exact) mass is 541 g/mol. The van der Waals surface area contributed by atoms with Crippen molar-refractivity contribution in [2.75, 3.05) is 0 Å². The number of amides is 1. The minimum atomic E-state index is -1.86. The fraction of sp³-hybridized carbons (Fsp3) is 0.258. The average Bonchev–Trinajstić information content (AvgIpc) is 3.35. The Kier molecular flexibility index (Phi) is 6.49. The molecule has 1 aliphatic carbocycles. The summed E-state index contributed by atoms with van der Waals surface area (Å²) >= 11 is 6.59. The number of hydrogen-bond acceptors (Lipinski definition) is 5. The van der Waals surface area contributed by atoms with E-state index in [4.69, 9.17) is 16.1 Å². The van der Waals surface area contributed by atoms with Gasteiger partial charge >= 0.3 is 0 Å². The maximum atomic E-state index is 13.8. The summed E-state index contributed by atoms with van der Waals surface area (Å²) in [5.41, 5.74) is 0.102. The number of pyridine rings is 1. The third-order valence-electron chi connectivity index (χ3n) is 7.84. The molecule has 198 valence electrons. The van der Waals surface area contributed by atoms with Gasteiger partial charge in [0.15, 0.2) is 5.60 Å². The van der Waals surface area contributed by atoms with Crippen molar-refractivity contribution in [3.8, 4) is 0 Å². The number of fused-ring (bicyclic) bond motifs is 3. The van der Waals surface area contributed by atoms with E-state index >= 15 is 0 Å². The highest BCUT2D eigenvalue weighted by Gasteiger charge is 2.41. The highest BCUT2D eigenvalue weighted by molar-refractivity contribution is 6.37. The number of benzene rings is 3. The third-order valence-corrected chi connectivity index (χ3v) is 8.16. The second-order valence-electron chi connectivity index (χ2n) is 10.2. The maximum Gasteiger partial charge on any atom is 0.264 e. The van der Waals surface area contributed by atoms with Crippen molar-refractivity contribution in [1.82, 2.24) is 15.0 Å². The van der Waals surface area contributed by atoms with Gasteiger partial charge in [0.25, 0.3) is 11.5 Å². The van der Waals surface area contributed by atoms with Gasteiger partial charge in [0.2, 0.25) is 0 Å². The van der Waals surface area contributed by atoms with Crippen molar-refractivity contribution in [3.63, 3.8) is 0 Å². The number of rotatable bonds is 5. The number of hydrogen-bond donors (Lipinski definition) is 2. The zero-order valence-corrected chi connectivity index (χ0v) is 22.2. The molecule has 1 amide bonds. The van der Waals surface area contributed by atoms with Gasteiger partial charge in [-0.3, -0.25) is 9.59 Å². The SMILES string of the molecule is Cc1onc2c1c(=O)n(C1CCCC(NC(=O)C(O)(c3ccccc3)c3ccccc3)C1)c1cccc(Cl)c21. The number of aryl methyl sites for hydroxylation is 1. The molecule has 8 heteroatoms. The lowest BCUT2D eigenvalue weighted by molar-refractivity contribution is -0.137. The van der Waals surface area contributed by atoms with Gasteiger partial charge in [0, 0.05) is 17.5 Å². The van der Waals surface area contributed by atoms with E-state index in [0.717, 1.165) is 19.3 Å². The molecule has 2 aromatic heterocycles. The summed E-state index contributed by atoms with van der Waals surface area (Å²) in [6, 6.07) is 23.0. The third kappa shape index (κ3) is 4.22. The van der Waals surface area contributed by atoms with Crippen LogP contribution in [-0.4, -0.2) is 26.8 Å². The summed E-state index contributed by atoms with van der Waals surface area (Å²) in [6.45, 7) is 1.72. The topological polar surface area (TPSA) is 97.4 Å². The first kappa shape index (κ1) is 25.3. The fourth-order valence-corrected chi connectivity index (χ4v) is 6.20. The summed E-state index contributed by atoms with van der Waals surface area (Å²) in [4.78, 5) is 27.6. The molecule has 2 unspecified atom stereocenters. The van der Waals surface area contributed by atoms with Gasteiger partial charge in [-0.1, -0.05) is 83.5 Å². The van der Waals surface area contributed by atoms with Gasteiger partial charge in [-0.25, -0.2) is 0 Å². The summed E-state index contributed by atoms with van der Waals surface area (Å²) in [7, 11) is 0. The molecule has 0 radical (unpaired) electrons. The largest absolute Gasteiger partial charge is 0.372 e. The average molecular weight is 542 g/mol. The summed E-state index contributed by atoms with van der Waals surface area (Å²) in [5.74, 6) is -0.0434. The molecule has 0 saturated heterocycles. The zero-order chi connectivity index (χ0) is 27.1. The number of carbonyl (C=O) groups is 1. The number of nitrogens with one attached hydrogen (secondary N) is 1. The Balaban J connectivity index is 1.37. The molecule has 2 N–H and O–H groups in total. The minimum absolute atomic E-state index is 0.180. The van der Waals surface area contributed by atoms with E-state index in [1.165, 1.54) is 0 Å². The highest BCUT2D eigenvalue weighted by Crippen LogP contribution is 2.36. The maximum absolute atomic E-state index is 13.8. The second-order valence-corrected chi connectivity index (χ2v) is 10.6. The first-order valence-electron chi connectivity index (χ1n) is 13.1. The molecule has 1 aliphatic rings. The summed E-state index contributed by atoms with van der Waals surface area (Å²) < 4.78 is 7.17.